The lowest BCUT2D eigenvalue weighted by molar-refractivity contribution is 0.332. The quantitative estimate of drug-likeness (QED) is 0.526. The van der Waals surface area contributed by atoms with Crippen molar-refractivity contribution >= 4 is 26.7 Å². The van der Waals surface area contributed by atoms with Crippen molar-refractivity contribution in [3.05, 3.63) is 47.5 Å². The van der Waals surface area contributed by atoms with Crippen molar-refractivity contribution < 1.29 is 0 Å². The molecule has 0 heterocycles. The van der Waals surface area contributed by atoms with E-state index in [4.69, 9.17) is 0 Å². The van der Waals surface area contributed by atoms with Crippen LogP contribution in [0.4, 0.5) is 0 Å². The second-order valence-corrected chi connectivity index (χ2v) is 7.67. The van der Waals surface area contributed by atoms with Crippen LogP contribution in [0.25, 0.3) is 10.8 Å². The second kappa shape index (κ2) is 6.96. The molecule has 112 valence electrons. The Balaban J connectivity index is 1.77. The van der Waals surface area contributed by atoms with Crippen molar-refractivity contribution in [3.8, 4) is 0 Å². The van der Waals surface area contributed by atoms with E-state index in [1.807, 2.05) is 0 Å². The standard InChI is InChI=1S/C20H25Br/c1-15-11-13-17-9-5-6-10-18(17)20(15)19(21)14-12-16-7-3-2-4-8-16/h5-6,9-11,13,16,19H,2-4,7-8,12,14H2,1H3. The summed E-state index contributed by atoms with van der Waals surface area (Å²) in [7, 11) is 0. The van der Waals surface area contributed by atoms with Gasteiger partial charge in [0, 0.05) is 4.83 Å². The average molecular weight is 345 g/mol. The van der Waals surface area contributed by atoms with Crippen LogP contribution in [0.5, 0.6) is 0 Å². The van der Waals surface area contributed by atoms with E-state index in [0.717, 1.165) is 5.92 Å². The normalized spacial score (nSPS) is 18.0. The maximum atomic E-state index is 3.98. The van der Waals surface area contributed by atoms with Gasteiger partial charge in [-0.1, -0.05) is 84.4 Å². The molecule has 1 unspecified atom stereocenters. The molecule has 0 nitrogen and oxygen atoms in total. The predicted molar refractivity (Wildman–Crippen MR) is 96.2 cm³/mol. The van der Waals surface area contributed by atoms with Gasteiger partial charge in [0.25, 0.3) is 0 Å². The zero-order chi connectivity index (χ0) is 14.7. The van der Waals surface area contributed by atoms with Crippen LogP contribution in [-0.4, -0.2) is 0 Å². The molecule has 0 amide bonds. The summed E-state index contributed by atoms with van der Waals surface area (Å²) >= 11 is 3.98. The number of benzene rings is 2. The van der Waals surface area contributed by atoms with Gasteiger partial charge < -0.3 is 0 Å². The Hall–Kier alpha value is -0.820. The molecule has 0 aromatic heterocycles. The molecule has 3 rings (SSSR count). The summed E-state index contributed by atoms with van der Waals surface area (Å²) in [6, 6.07) is 13.3. The van der Waals surface area contributed by atoms with E-state index < -0.39 is 0 Å². The van der Waals surface area contributed by atoms with Gasteiger partial charge in [-0.25, -0.2) is 0 Å². The predicted octanol–water partition coefficient (Wildman–Crippen LogP) is 6.94. The highest BCUT2D eigenvalue weighted by atomic mass is 79.9. The van der Waals surface area contributed by atoms with E-state index in [1.165, 1.54) is 66.8 Å². The van der Waals surface area contributed by atoms with Gasteiger partial charge in [0.1, 0.15) is 0 Å². The molecule has 1 aliphatic rings. The van der Waals surface area contributed by atoms with Gasteiger partial charge in [-0.15, -0.1) is 0 Å². The van der Waals surface area contributed by atoms with Crippen molar-refractivity contribution in [1.29, 1.82) is 0 Å². The van der Waals surface area contributed by atoms with Crippen LogP contribution >= 0.6 is 15.9 Å². The summed E-state index contributed by atoms with van der Waals surface area (Å²) in [5, 5.41) is 2.78. The topological polar surface area (TPSA) is 0 Å². The van der Waals surface area contributed by atoms with E-state index >= 15 is 0 Å². The molecule has 1 heteroatoms. The van der Waals surface area contributed by atoms with Gasteiger partial charge in [-0.05, 0) is 47.6 Å². The van der Waals surface area contributed by atoms with Crippen LogP contribution in [0.15, 0.2) is 36.4 Å². The molecule has 21 heavy (non-hydrogen) atoms. The third-order valence-electron chi connectivity index (χ3n) is 5.06. The SMILES string of the molecule is Cc1ccc2ccccc2c1C(Br)CCC1CCCCC1. The van der Waals surface area contributed by atoms with E-state index in [0.29, 0.717) is 4.83 Å². The van der Waals surface area contributed by atoms with Crippen LogP contribution in [0.2, 0.25) is 0 Å². The zero-order valence-electron chi connectivity index (χ0n) is 12.9. The summed E-state index contributed by atoms with van der Waals surface area (Å²) in [5.74, 6) is 0.967. The fourth-order valence-electron chi connectivity index (χ4n) is 3.82. The molecule has 1 atom stereocenters. The van der Waals surface area contributed by atoms with Gasteiger partial charge >= 0.3 is 0 Å². The van der Waals surface area contributed by atoms with Gasteiger partial charge in [0.15, 0.2) is 0 Å². The fourth-order valence-corrected chi connectivity index (χ4v) is 4.69. The number of hydrogen-bond acceptors (Lipinski definition) is 0. The van der Waals surface area contributed by atoms with Crippen LogP contribution in [-0.2, 0) is 0 Å². The van der Waals surface area contributed by atoms with Gasteiger partial charge in [0.2, 0.25) is 0 Å². The van der Waals surface area contributed by atoms with Crippen LogP contribution in [0.3, 0.4) is 0 Å². The third kappa shape index (κ3) is 3.51. The molecule has 1 fully saturated rings. The molecular formula is C20H25Br. The van der Waals surface area contributed by atoms with Crippen LogP contribution in [0.1, 0.15) is 60.9 Å². The van der Waals surface area contributed by atoms with Gasteiger partial charge in [-0.3, -0.25) is 0 Å². The second-order valence-electron chi connectivity index (χ2n) is 6.57. The number of hydrogen-bond donors (Lipinski definition) is 0. The van der Waals surface area contributed by atoms with E-state index in [2.05, 4.69) is 59.3 Å². The number of alkyl halides is 1. The highest BCUT2D eigenvalue weighted by Gasteiger charge is 2.18. The summed E-state index contributed by atoms with van der Waals surface area (Å²) < 4.78 is 0. The monoisotopic (exact) mass is 344 g/mol. The molecule has 2 aromatic carbocycles. The Labute approximate surface area is 137 Å². The molecule has 1 saturated carbocycles. The molecule has 0 saturated heterocycles. The summed E-state index contributed by atoms with van der Waals surface area (Å²) in [4.78, 5) is 0.491. The molecular weight excluding hydrogens is 320 g/mol. The molecule has 0 radical (unpaired) electrons. The Kier molecular flexibility index (Phi) is 5.00. The van der Waals surface area contributed by atoms with Crippen molar-refractivity contribution in [2.24, 2.45) is 5.92 Å². The van der Waals surface area contributed by atoms with Crippen LogP contribution < -0.4 is 0 Å². The lowest BCUT2D eigenvalue weighted by Gasteiger charge is -2.23. The zero-order valence-corrected chi connectivity index (χ0v) is 14.5. The largest absolute Gasteiger partial charge is 0.0838 e. The fraction of sp³-hybridized carbons (Fsp3) is 0.500. The minimum atomic E-state index is 0.491. The maximum absolute atomic E-state index is 3.98. The average Bonchev–Trinajstić information content (AvgIpc) is 2.53. The summed E-state index contributed by atoms with van der Waals surface area (Å²) in [6.45, 7) is 2.25. The smallest absolute Gasteiger partial charge is 0.0404 e. The number of fused-ring (bicyclic) bond motifs is 1. The summed E-state index contributed by atoms with van der Waals surface area (Å²) in [6.07, 6.45) is 9.90. The van der Waals surface area contributed by atoms with Gasteiger partial charge in [0.05, 0.1) is 0 Å². The Morgan fingerprint density at radius 2 is 1.81 bits per heavy atom. The molecule has 1 aliphatic carbocycles. The highest BCUT2D eigenvalue weighted by Crippen LogP contribution is 2.38. The maximum Gasteiger partial charge on any atom is 0.0404 e. The molecule has 0 aliphatic heterocycles. The summed E-state index contributed by atoms with van der Waals surface area (Å²) in [5.41, 5.74) is 2.92. The van der Waals surface area contributed by atoms with Crippen molar-refractivity contribution in [3.63, 3.8) is 0 Å². The first-order chi connectivity index (χ1) is 10.3. The van der Waals surface area contributed by atoms with Gasteiger partial charge in [-0.2, -0.15) is 0 Å². The van der Waals surface area contributed by atoms with Crippen molar-refractivity contribution in [2.75, 3.05) is 0 Å². The molecule has 0 bridgehead atoms. The van der Waals surface area contributed by atoms with E-state index in [9.17, 15) is 0 Å². The highest BCUT2D eigenvalue weighted by molar-refractivity contribution is 9.09. The number of rotatable bonds is 4. The first-order valence-electron chi connectivity index (χ1n) is 8.38. The first kappa shape index (κ1) is 15.1. The Morgan fingerprint density at radius 1 is 1.05 bits per heavy atom. The Morgan fingerprint density at radius 3 is 2.62 bits per heavy atom. The van der Waals surface area contributed by atoms with Crippen molar-refractivity contribution in [2.45, 2.75) is 56.7 Å². The Bertz CT molecular complexity index is 596. The first-order valence-corrected chi connectivity index (χ1v) is 9.29. The third-order valence-corrected chi connectivity index (χ3v) is 5.97. The molecule has 0 spiro atoms. The van der Waals surface area contributed by atoms with Crippen LogP contribution in [0, 0.1) is 12.8 Å². The molecule has 0 N–H and O–H groups in total. The lowest BCUT2D eigenvalue weighted by atomic mass is 9.85. The van der Waals surface area contributed by atoms with Crippen molar-refractivity contribution in [1.82, 2.24) is 0 Å². The molecule has 2 aromatic rings. The number of aryl methyl sites for hydroxylation is 1. The minimum Gasteiger partial charge on any atom is -0.0838 e. The van der Waals surface area contributed by atoms with E-state index in [-0.39, 0.29) is 0 Å². The van der Waals surface area contributed by atoms with E-state index in [1.54, 1.807) is 0 Å². The number of halogens is 1. The lowest BCUT2D eigenvalue weighted by Crippen LogP contribution is -2.07. The minimum absolute atomic E-state index is 0.491.